The topological polar surface area (TPSA) is 80.5 Å². The number of halogens is 1. The van der Waals surface area contributed by atoms with Gasteiger partial charge >= 0.3 is 0 Å². The SMILES string of the molecule is COc1ccc(-c2cc(-c3ccc4c(c3)CCNC4=O)c(N)nc2F)cc1CN(C)C. The van der Waals surface area contributed by atoms with Crippen LogP contribution in [0.3, 0.4) is 0 Å². The highest BCUT2D eigenvalue weighted by molar-refractivity contribution is 5.97. The molecule has 0 unspecified atom stereocenters. The fraction of sp³-hybridized carbons (Fsp3) is 0.250. The van der Waals surface area contributed by atoms with Crippen molar-refractivity contribution in [2.75, 3.05) is 33.5 Å². The van der Waals surface area contributed by atoms with Gasteiger partial charge in [0.15, 0.2) is 0 Å². The van der Waals surface area contributed by atoms with Gasteiger partial charge in [0.25, 0.3) is 5.91 Å². The normalized spacial score (nSPS) is 13.1. The molecule has 0 saturated carbocycles. The van der Waals surface area contributed by atoms with Crippen molar-refractivity contribution in [1.29, 1.82) is 0 Å². The quantitative estimate of drug-likeness (QED) is 0.618. The first-order valence-electron chi connectivity index (χ1n) is 10.1. The molecule has 160 valence electrons. The van der Waals surface area contributed by atoms with E-state index in [4.69, 9.17) is 10.5 Å². The lowest BCUT2D eigenvalue weighted by Gasteiger charge is -2.18. The number of anilines is 1. The number of carbonyl (C=O) groups is 1. The highest BCUT2D eigenvalue weighted by Crippen LogP contribution is 2.35. The number of fused-ring (bicyclic) bond motifs is 1. The van der Waals surface area contributed by atoms with Gasteiger partial charge in [-0.05, 0) is 61.5 Å². The van der Waals surface area contributed by atoms with E-state index in [1.54, 1.807) is 19.2 Å². The maximum atomic E-state index is 14.8. The second-order valence-corrected chi connectivity index (χ2v) is 7.90. The number of amides is 1. The van der Waals surface area contributed by atoms with Crippen LogP contribution in [0.2, 0.25) is 0 Å². The summed E-state index contributed by atoms with van der Waals surface area (Å²) in [6.07, 6.45) is 0.739. The van der Waals surface area contributed by atoms with Crippen LogP contribution in [0.5, 0.6) is 5.75 Å². The lowest BCUT2D eigenvalue weighted by atomic mass is 9.93. The summed E-state index contributed by atoms with van der Waals surface area (Å²) in [5.74, 6) is 0.155. The number of nitrogens with two attached hydrogens (primary N) is 1. The molecule has 0 fully saturated rings. The number of nitrogen functional groups attached to an aromatic ring is 1. The Labute approximate surface area is 180 Å². The van der Waals surface area contributed by atoms with Crippen molar-refractivity contribution in [3.63, 3.8) is 0 Å². The van der Waals surface area contributed by atoms with E-state index in [1.165, 1.54) is 0 Å². The molecule has 4 rings (SSSR count). The van der Waals surface area contributed by atoms with Gasteiger partial charge in [0.05, 0.1) is 7.11 Å². The van der Waals surface area contributed by atoms with Crippen LogP contribution in [0.15, 0.2) is 42.5 Å². The predicted octanol–water partition coefficient (Wildman–Crippen LogP) is 3.49. The zero-order valence-electron chi connectivity index (χ0n) is 17.8. The van der Waals surface area contributed by atoms with Gasteiger partial charge in [-0.3, -0.25) is 4.79 Å². The van der Waals surface area contributed by atoms with Gasteiger partial charge in [0.2, 0.25) is 5.95 Å². The van der Waals surface area contributed by atoms with Crippen LogP contribution in [-0.4, -0.2) is 43.5 Å². The Morgan fingerprint density at radius 3 is 2.58 bits per heavy atom. The van der Waals surface area contributed by atoms with E-state index in [0.717, 1.165) is 28.9 Å². The Hall–Kier alpha value is -3.45. The van der Waals surface area contributed by atoms with Crippen molar-refractivity contribution < 1.29 is 13.9 Å². The third-order valence-electron chi connectivity index (χ3n) is 5.42. The molecular formula is C24H25FN4O2. The molecule has 0 aliphatic carbocycles. The molecule has 0 spiro atoms. The van der Waals surface area contributed by atoms with Crippen molar-refractivity contribution in [2.24, 2.45) is 0 Å². The third-order valence-corrected chi connectivity index (χ3v) is 5.42. The van der Waals surface area contributed by atoms with E-state index < -0.39 is 5.95 Å². The van der Waals surface area contributed by atoms with Crippen molar-refractivity contribution in [3.05, 3.63) is 65.1 Å². The number of hydrogen-bond donors (Lipinski definition) is 2. The number of hydrogen-bond acceptors (Lipinski definition) is 5. The molecule has 1 aromatic heterocycles. The summed E-state index contributed by atoms with van der Waals surface area (Å²) in [7, 11) is 5.55. The van der Waals surface area contributed by atoms with Gasteiger partial charge in [-0.2, -0.15) is 4.39 Å². The fourth-order valence-electron chi connectivity index (χ4n) is 3.94. The molecule has 1 aliphatic rings. The Morgan fingerprint density at radius 1 is 1.10 bits per heavy atom. The van der Waals surface area contributed by atoms with Crippen LogP contribution in [0.1, 0.15) is 21.5 Å². The van der Waals surface area contributed by atoms with Crippen LogP contribution < -0.4 is 15.8 Å². The van der Waals surface area contributed by atoms with Gasteiger partial charge < -0.3 is 20.7 Å². The second-order valence-electron chi connectivity index (χ2n) is 7.90. The van der Waals surface area contributed by atoms with E-state index in [9.17, 15) is 9.18 Å². The number of ether oxygens (including phenoxy) is 1. The van der Waals surface area contributed by atoms with Gasteiger partial charge in [-0.1, -0.05) is 18.2 Å². The lowest BCUT2D eigenvalue weighted by Crippen LogP contribution is -2.31. The summed E-state index contributed by atoms with van der Waals surface area (Å²) >= 11 is 0. The number of carbonyl (C=O) groups excluding carboxylic acids is 1. The van der Waals surface area contributed by atoms with Gasteiger partial charge in [-0.25, -0.2) is 4.98 Å². The Morgan fingerprint density at radius 2 is 1.84 bits per heavy atom. The standard InChI is InChI=1S/C24H25FN4O2/c1-29(2)13-17-11-14(5-7-21(17)31-3)19-12-20(23(26)28-22(19)25)15-4-6-18-16(10-15)8-9-27-24(18)30/h4-7,10-12H,8-9,13H2,1-3H3,(H2,26,28)(H,27,30). The molecule has 1 amide bonds. The lowest BCUT2D eigenvalue weighted by molar-refractivity contribution is 0.0946. The van der Waals surface area contributed by atoms with E-state index in [-0.39, 0.29) is 11.7 Å². The molecule has 6 nitrogen and oxygen atoms in total. The van der Waals surface area contributed by atoms with Crippen molar-refractivity contribution in [2.45, 2.75) is 13.0 Å². The first kappa shape index (κ1) is 20.8. The van der Waals surface area contributed by atoms with Crippen molar-refractivity contribution in [1.82, 2.24) is 15.2 Å². The number of pyridine rings is 1. The molecule has 3 aromatic rings. The molecule has 2 aromatic carbocycles. The molecule has 2 heterocycles. The van der Waals surface area contributed by atoms with E-state index >= 15 is 0 Å². The highest BCUT2D eigenvalue weighted by Gasteiger charge is 2.19. The summed E-state index contributed by atoms with van der Waals surface area (Å²) < 4.78 is 20.3. The summed E-state index contributed by atoms with van der Waals surface area (Å²) in [4.78, 5) is 18.0. The number of aromatic nitrogens is 1. The maximum Gasteiger partial charge on any atom is 0.251 e. The number of methoxy groups -OCH3 is 1. The zero-order valence-corrected chi connectivity index (χ0v) is 17.8. The number of nitrogens with one attached hydrogen (secondary N) is 1. The number of benzene rings is 2. The zero-order chi connectivity index (χ0) is 22.1. The van der Waals surface area contributed by atoms with Crippen molar-refractivity contribution in [3.8, 4) is 28.0 Å². The molecule has 0 saturated heterocycles. The van der Waals surface area contributed by atoms with Crippen LogP contribution in [-0.2, 0) is 13.0 Å². The average Bonchev–Trinajstić information content (AvgIpc) is 2.73. The molecule has 1 aliphatic heterocycles. The molecule has 3 N–H and O–H groups in total. The van der Waals surface area contributed by atoms with Gasteiger partial charge in [0, 0.05) is 35.3 Å². The minimum absolute atomic E-state index is 0.0784. The maximum absolute atomic E-state index is 14.8. The molecule has 0 atom stereocenters. The molecular weight excluding hydrogens is 395 g/mol. The van der Waals surface area contributed by atoms with E-state index in [0.29, 0.717) is 35.3 Å². The summed E-state index contributed by atoms with van der Waals surface area (Å²) in [6, 6.07) is 12.8. The minimum atomic E-state index is -0.625. The Balaban J connectivity index is 1.80. The van der Waals surface area contributed by atoms with Gasteiger partial charge in [-0.15, -0.1) is 0 Å². The minimum Gasteiger partial charge on any atom is -0.496 e. The third kappa shape index (κ3) is 4.09. The second kappa shape index (κ2) is 8.35. The van der Waals surface area contributed by atoms with Crippen LogP contribution >= 0.6 is 0 Å². The number of nitrogens with zero attached hydrogens (tertiary/aromatic N) is 2. The predicted molar refractivity (Wildman–Crippen MR) is 119 cm³/mol. The van der Waals surface area contributed by atoms with E-state index in [1.807, 2.05) is 49.3 Å². The molecule has 31 heavy (non-hydrogen) atoms. The van der Waals surface area contributed by atoms with E-state index in [2.05, 4.69) is 10.3 Å². The van der Waals surface area contributed by atoms with Crippen molar-refractivity contribution >= 4 is 11.7 Å². The molecule has 7 heteroatoms. The fourth-order valence-corrected chi connectivity index (χ4v) is 3.94. The summed E-state index contributed by atoms with van der Waals surface area (Å²) in [6.45, 7) is 1.25. The summed E-state index contributed by atoms with van der Waals surface area (Å²) in [5.41, 5.74) is 11.1. The van der Waals surface area contributed by atoms with Crippen LogP contribution in [0, 0.1) is 5.95 Å². The first-order valence-corrected chi connectivity index (χ1v) is 10.1. The summed E-state index contributed by atoms with van der Waals surface area (Å²) in [5, 5.41) is 2.84. The van der Waals surface area contributed by atoms with Gasteiger partial charge in [0.1, 0.15) is 11.6 Å². The molecule has 0 radical (unpaired) electrons. The monoisotopic (exact) mass is 420 g/mol. The molecule has 0 bridgehead atoms. The Kier molecular flexibility index (Phi) is 5.61. The first-order chi connectivity index (χ1) is 14.9. The highest BCUT2D eigenvalue weighted by atomic mass is 19.1. The Bertz CT molecular complexity index is 1160. The average molecular weight is 420 g/mol. The van der Waals surface area contributed by atoms with Crippen LogP contribution in [0.4, 0.5) is 10.2 Å². The smallest absolute Gasteiger partial charge is 0.251 e. The number of rotatable bonds is 5. The largest absolute Gasteiger partial charge is 0.496 e. The van der Waals surface area contributed by atoms with Crippen LogP contribution in [0.25, 0.3) is 22.3 Å².